The number of aromatic nitrogens is 2. The van der Waals surface area contributed by atoms with Gasteiger partial charge in [0.2, 0.25) is 0 Å². The zero-order valence-corrected chi connectivity index (χ0v) is 15.3. The number of hydrogen-bond acceptors (Lipinski definition) is 7. The van der Waals surface area contributed by atoms with E-state index in [1.165, 1.54) is 22.1 Å². The van der Waals surface area contributed by atoms with E-state index < -0.39 is 5.97 Å². The van der Waals surface area contributed by atoms with E-state index in [0.29, 0.717) is 5.57 Å². The maximum absolute atomic E-state index is 12.3. The lowest BCUT2D eigenvalue weighted by Gasteiger charge is -2.36. The third-order valence-corrected chi connectivity index (χ3v) is 6.83. The summed E-state index contributed by atoms with van der Waals surface area (Å²) in [6.07, 6.45) is 1.78. The molecule has 1 saturated heterocycles. The van der Waals surface area contributed by atoms with Crippen LogP contribution in [0.5, 0.6) is 0 Å². The van der Waals surface area contributed by atoms with Gasteiger partial charge in [0.15, 0.2) is 5.17 Å². The molecule has 1 fully saturated rings. The van der Waals surface area contributed by atoms with Crippen LogP contribution in [0.3, 0.4) is 0 Å². The smallest absolute Gasteiger partial charge is 0.353 e. The summed E-state index contributed by atoms with van der Waals surface area (Å²) in [5.41, 5.74) is 2.50. The van der Waals surface area contributed by atoms with Crippen molar-refractivity contribution in [3.63, 3.8) is 0 Å². The molecule has 1 aromatic rings. The molecule has 8 nitrogen and oxygen atoms in total. The number of amides is 1. The van der Waals surface area contributed by atoms with Crippen LogP contribution >= 0.6 is 23.5 Å². The molecule has 0 radical (unpaired) electrons. The summed E-state index contributed by atoms with van der Waals surface area (Å²) in [5.74, 6) is -0.275. The van der Waals surface area contributed by atoms with Gasteiger partial charge in [-0.25, -0.2) is 4.79 Å². The molecule has 0 spiro atoms. The van der Waals surface area contributed by atoms with Crippen molar-refractivity contribution in [3.05, 3.63) is 34.1 Å². The Labute approximate surface area is 157 Å². The van der Waals surface area contributed by atoms with E-state index in [0.717, 1.165) is 48.5 Å². The highest BCUT2D eigenvalue weighted by Gasteiger charge is 2.49. The summed E-state index contributed by atoms with van der Waals surface area (Å²) in [6.45, 7) is 3.33. The largest absolute Gasteiger partial charge is 0.477 e. The van der Waals surface area contributed by atoms with Crippen molar-refractivity contribution in [1.82, 2.24) is 19.6 Å². The van der Waals surface area contributed by atoms with E-state index in [4.69, 9.17) is 5.11 Å². The first-order valence-electron chi connectivity index (χ1n) is 8.25. The van der Waals surface area contributed by atoms with Crippen LogP contribution in [0.25, 0.3) is 6.08 Å². The second kappa shape index (κ2) is 5.92. The number of hydrogen-bond donors (Lipinski definition) is 1. The number of fused-ring (bicyclic) bond motifs is 2. The number of carboxylic acids is 1. The van der Waals surface area contributed by atoms with E-state index in [1.54, 1.807) is 17.8 Å². The minimum absolute atomic E-state index is 0.0526. The van der Waals surface area contributed by atoms with Gasteiger partial charge in [0.25, 0.3) is 5.91 Å². The average Bonchev–Trinajstić information content (AvgIpc) is 3.35. The predicted octanol–water partition coefficient (Wildman–Crippen LogP) is 1.03. The lowest BCUT2D eigenvalue weighted by Crippen LogP contribution is -2.51. The SMILES string of the molecule is O=C(O)C1=CS[C@@H]2C(=Cc3cc4n(n3)CCN(C3=NCCS3)C4)C(=O)N12. The Kier molecular flexibility index (Phi) is 3.64. The monoisotopic (exact) mass is 389 g/mol. The molecule has 0 aromatic carbocycles. The van der Waals surface area contributed by atoms with Gasteiger partial charge in [-0.1, -0.05) is 11.8 Å². The van der Waals surface area contributed by atoms with Gasteiger partial charge in [0.05, 0.1) is 36.6 Å². The third-order valence-electron chi connectivity index (χ3n) is 4.71. The zero-order chi connectivity index (χ0) is 17.8. The van der Waals surface area contributed by atoms with E-state index >= 15 is 0 Å². The third kappa shape index (κ3) is 2.39. The molecule has 0 saturated carbocycles. The lowest BCUT2D eigenvalue weighted by atomic mass is 10.0. The molecule has 1 atom stereocenters. The highest BCUT2D eigenvalue weighted by molar-refractivity contribution is 8.14. The summed E-state index contributed by atoms with van der Waals surface area (Å²) < 4.78 is 1.98. The van der Waals surface area contributed by atoms with Crippen molar-refractivity contribution in [2.24, 2.45) is 4.99 Å². The Balaban J connectivity index is 1.35. The molecule has 1 aromatic heterocycles. The Morgan fingerprint density at radius 2 is 2.27 bits per heavy atom. The van der Waals surface area contributed by atoms with Gasteiger partial charge in [0, 0.05) is 17.7 Å². The van der Waals surface area contributed by atoms with Crippen molar-refractivity contribution in [3.8, 4) is 0 Å². The van der Waals surface area contributed by atoms with Crippen molar-refractivity contribution in [2.45, 2.75) is 18.5 Å². The number of carbonyl (C=O) groups is 2. The number of β-lactam (4-membered cyclic amide) rings is 1. The van der Waals surface area contributed by atoms with Gasteiger partial charge in [0.1, 0.15) is 11.1 Å². The normalized spacial score (nSPS) is 25.8. The molecular weight excluding hydrogens is 374 g/mol. The van der Waals surface area contributed by atoms with Gasteiger partial charge in [-0.05, 0) is 12.1 Å². The van der Waals surface area contributed by atoms with Crippen LogP contribution in [-0.2, 0) is 22.7 Å². The second-order valence-electron chi connectivity index (χ2n) is 6.29. The fourth-order valence-electron chi connectivity index (χ4n) is 3.46. The Morgan fingerprint density at radius 3 is 3.04 bits per heavy atom. The van der Waals surface area contributed by atoms with Gasteiger partial charge in [-0.15, -0.1) is 11.8 Å². The predicted molar refractivity (Wildman–Crippen MR) is 99.3 cm³/mol. The molecule has 1 N–H and O–H groups in total. The fraction of sp³-hybridized carbons (Fsp3) is 0.375. The van der Waals surface area contributed by atoms with E-state index in [-0.39, 0.29) is 17.0 Å². The van der Waals surface area contributed by atoms with E-state index in [2.05, 4.69) is 15.0 Å². The molecular formula is C16H15N5O3S2. The maximum atomic E-state index is 12.3. The fourth-order valence-corrected chi connectivity index (χ4v) is 5.47. The molecule has 0 unspecified atom stereocenters. The number of nitrogens with zero attached hydrogens (tertiary/aromatic N) is 5. The molecule has 4 aliphatic rings. The Morgan fingerprint density at radius 1 is 1.38 bits per heavy atom. The summed E-state index contributed by atoms with van der Waals surface area (Å²) in [6, 6.07) is 2.00. The van der Waals surface area contributed by atoms with Crippen LogP contribution in [0, 0.1) is 0 Å². The Bertz CT molecular complexity index is 919. The number of amidine groups is 1. The van der Waals surface area contributed by atoms with Crippen LogP contribution in [0.4, 0.5) is 0 Å². The number of rotatable bonds is 2. The topological polar surface area (TPSA) is 91.0 Å². The molecule has 0 bridgehead atoms. The zero-order valence-electron chi connectivity index (χ0n) is 13.7. The molecule has 10 heteroatoms. The molecule has 134 valence electrons. The van der Waals surface area contributed by atoms with Crippen LogP contribution in [0.1, 0.15) is 11.4 Å². The molecule has 1 amide bonds. The molecule has 5 heterocycles. The van der Waals surface area contributed by atoms with Gasteiger partial charge < -0.3 is 10.0 Å². The number of thioether (sulfide) groups is 2. The van der Waals surface area contributed by atoms with Crippen molar-refractivity contribution in [1.29, 1.82) is 0 Å². The first-order valence-corrected chi connectivity index (χ1v) is 10.2. The van der Waals surface area contributed by atoms with Gasteiger partial charge in [-0.2, -0.15) is 5.10 Å². The number of carboxylic acid groups (broad SMARTS) is 1. The second-order valence-corrected chi connectivity index (χ2v) is 8.31. The van der Waals surface area contributed by atoms with Crippen molar-refractivity contribution in [2.75, 3.05) is 18.8 Å². The highest BCUT2D eigenvalue weighted by Crippen LogP contribution is 2.45. The van der Waals surface area contributed by atoms with Gasteiger partial charge in [-0.3, -0.25) is 19.4 Å². The quantitative estimate of drug-likeness (QED) is 0.597. The van der Waals surface area contributed by atoms with Crippen LogP contribution in [0.15, 0.2) is 27.7 Å². The van der Waals surface area contributed by atoms with E-state index in [9.17, 15) is 9.59 Å². The number of carbonyl (C=O) groups excluding carboxylic acids is 1. The Hall–Kier alpha value is -2.20. The van der Waals surface area contributed by atoms with Crippen LogP contribution in [-0.4, -0.2) is 65.9 Å². The highest BCUT2D eigenvalue weighted by atomic mass is 32.2. The van der Waals surface area contributed by atoms with Crippen LogP contribution < -0.4 is 0 Å². The lowest BCUT2D eigenvalue weighted by molar-refractivity contribution is -0.141. The summed E-state index contributed by atoms with van der Waals surface area (Å²) in [4.78, 5) is 31.6. The first kappa shape index (κ1) is 16.0. The molecule has 5 rings (SSSR count). The van der Waals surface area contributed by atoms with Crippen molar-refractivity contribution >= 4 is 46.6 Å². The minimum Gasteiger partial charge on any atom is -0.477 e. The van der Waals surface area contributed by atoms with E-state index in [1.807, 2.05) is 10.7 Å². The van der Waals surface area contributed by atoms with Crippen molar-refractivity contribution < 1.29 is 14.7 Å². The standard InChI is InChI=1S/C16H15N5O3S2/c22-13-11(14-21(13)12(8-26-14)15(23)24)6-9-5-10-7-19(2-3-20(10)18-9)16-17-1-4-25-16/h5-6,8,14H,1-4,7H2,(H,23,24)/t14-/m1/s1. The van der Waals surface area contributed by atoms with Crippen LogP contribution in [0.2, 0.25) is 0 Å². The minimum atomic E-state index is -1.07. The first-order chi connectivity index (χ1) is 12.6. The molecule has 26 heavy (non-hydrogen) atoms. The number of aliphatic imine (C=N–C) groups is 1. The molecule has 0 aliphatic carbocycles. The maximum Gasteiger partial charge on any atom is 0.353 e. The van der Waals surface area contributed by atoms with Gasteiger partial charge >= 0.3 is 5.97 Å². The summed E-state index contributed by atoms with van der Waals surface area (Å²) in [7, 11) is 0. The summed E-state index contributed by atoms with van der Waals surface area (Å²) >= 11 is 3.14. The molecule has 4 aliphatic heterocycles. The summed E-state index contributed by atoms with van der Waals surface area (Å²) in [5, 5.41) is 16.1. The average molecular weight is 389 g/mol. The number of aliphatic carboxylic acids is 1.